The summed E-state index contributed by atoms with van der Waals surface area (Å²) in [5.74, 6) is 2.09. The fraction of sp³-hybridized carbons (Fsp3) is 0.167. The van der Waals surface area contributed by atoms with Crippen LogP contribution in [0.2, 0.25) is 0 Å². The Kier molecular flexibility index (Phi) is 4.84. The normalized spacial score (nSPS) is 18.1. The van der Waals surface area contributed by atoms with Crippen LogP contribution in [-0.4, -0.2) is 11.7 Å². The summed E-state index contributed by atoms with van der Waals surface area (Å²) in [6, 6.07) is 29.9. The molecule has 3 aromatic rings. The molecule has 3 nitrogen and oxygen atoms in total. The van der Waals surface area contributed by atoms with Gasteiger partial charge in [0.25, 0.3) is 11.7 Å². The van der Waals surface area contributed by atoms with E-state index in [0.717, 1.165) is 11.7 Å². The predicted octanol–water partition coefficient (Wildman–Crippen LogP) is 1.47. The molecule has 1 aliphatic rings. The van der Waals surface area contributed by atoms with E-state index in [1.165, 1.54) is 22.3 Å². The van der Waals surface area contributed by atoms with E-state index in [2.05, 4.69) is 102 Å². The van der Waals surface area contributed by atoms with Crippen LogP contribution in [0, 0.1) is 0 Å². The summed E-state index contributed by atoms with van der Waals surface area (Å²) in [4.78, 5) is 7.28. The summed E-state index contributed by atoms with van der Waals surface area (Å²) in [7, 11) is 0. The van der Waals surface area contributed by atoms with Crippen molar-refractivity contribution in [1.29, 1.82) is 0 Å². The Hall–Kier alpha value is -3.20. The Balaban J connectivity index is 1.67. The highest BCUT2D eigenvalue weighted by Crippen LogP contribution is 2.13. The first-order valence-electron chi connectivity index (χ1n) is 9.46. The average molecular weight is 355 g/mol. The van der Waals surface area contributed by atoms with Gasteiger partial charge in [0.15, 0.2) is 0 Å². The number of hydrogen-bond donors (Lipinski definition) is 3. The van der Waals surface area contributed by atoms with Crippen LogP contribution in [-0.2, 0) is 0 Å². The van der Waals surface area contributed by atoms with Crippen molar-refractivity contribution in [2.45, 2.75) is 25.9 Å². The van der Waals surface area contributed by atoms with Gasteiger partial charge in [0.1, 0.15) is 12.1 Å². The minimum atomic E-state index is 0.215. The summed E-state index contributed by atoms with van der Waals surface area (Å²) in [6.07, 6.45) is 0. The summed E-state index contributed by atoms with van der Waals surface area (Å²) < 4.78 is 0. The molecule has 2 atom stereocenters. The maximum atomic E-state index is 3.64. The molecule has 4 rings (SSSR count). The van der Waals surface area contributed by atoms with Crippen molar-refractivity contribution >= 4 is 11.7 Å². The van der Waals surface area contributed by atoms with Crippen LogP contribution >= 0.6 is 0 Å². The van der Waals surface area contributed by atoms with Crippen LogP contribution in [0.3, 0.4) is 0 Å². The van der Waals surface area contributed by atoms with Gasteiger partial charge in [0.2, 0.25) is 0 Å². The van der Waals surface area contributed by atoms with E-state index in [-0.39, 0.29) is 12.1 Å². The van der Waals surface area contributed by atoms with E-state index in [9.17, 15) is 0 Å². The fourth-order valence-electron chi connectivity index (χ4n) is 3.49. The molecule has 0 unspecified atom stereocenters. The zero-order valence-corrected chi connectivity index (χ0v) is 15.7. The molecule has 0 spiro atoms. The SMILES string of the molecule is C[C@H]([NH+]=C1NC(=[NH+][C@@H](C)c2ccccc2)c2ccccc21)c1ccccc1. The highest BCUT2D eigenvalue weighted by Gasteiger charge is 2.32. The largest absolute Gasteiger partial charge is 0.284 e. The van der Waals surface area contributed by atoms with Gasteiger partial charge in [0, 0.05) is 0 Å². The molecule has 0 aromatic heterocycles. The fourth-order valence-corrected chi connectivity index (χ4v) is 3.49. The van der Waals surface area contributed by atoms with E-state index in [1.807, 2.05) is 12.1 Å². The molecule has 0 saturated heterocycles. The molecule has 0 radical (unpaired) electrons. The molecule has 3 N–H and O–H groups in total. The predicted molar refractivity (Wildman–Crippen MR) is 109 cm³/mol. The van der Waals surface area contributed by atoms with E-state index in [0.29, 0.717) is 0 Å². The summed E-state index contributed by atoms with van der Waals surface area (Å²) in [5.41, 5.74) is 4.93. The molecule has 0 amide bonds. The summed E-state index contributed by atoms with van der Waals surface area (Å²) >= 11 is 0. The van der Waals surface area contributed by atoms with Crippen molar-refractivity contribution in [3.8, 4) is 0 Å². The van der Waals surface area contributed by atoms with Crippen LogP contribution in [0.5, 0.6) is 0 Å². The highest BCUT2D eigenvalue weighted by atomic mass is 15.1. The first-order chi connectivity index (χ1) is 13.2. The average Bonchev–Trinajstić information content (AvgIpc) is 3.06. The van der Waals surface area contributed by atoms with E-state index < -0.39 is 0 Å². The van der Waals surface area contributed by atoms with Crippen LogP contribution in [0.4, 0.5) is 0 Å². The van der Waals surface area contributed by atoms with E-state index in [1.54, 1.807) is 0 Å². The van der Waals surface area contributed by atoms with Gasteiger partial charge < -0.3 is 0 Å². The smallest absolute Gasteiger partial charge is 0.267 e. The van der Waals surface area contributed by atoms with Gasteiger partial charge in [-0.15, -0.1) is 0 Å². The van der Waals surface area contributed by atoms with Gasteiger partial charge >= 0.3 is 0 Å². The lowest BCUT2D eigenvalue weighted by Crippen LogP contribution is -2.80. The van der Waals surface area contributed by atoms with Gasteiger partial charge in [-0.1, -0.05) is 72.8 Å². The lowest BCUT2D eigenvalue weighted by atomic mass is 10.1. The highest BCUT2D eigenvalue weighted by molar-refractivity contribution is 6.21. The molecule has 0 bridgehead atoms. The molecule has 27 heavy (non-hydrogen) atoms. The Morgan fingerprint density at radius 2 is 0.926 bits per heavy atom. The first-order valence-corrected chi connectivity index (χ1v) is 9.46. The van der Waals surface area contributed by atoms with Crippen molar-refractivity contribution in [3.05, 3.63) is 107 Å². The first kappa shape index (κ1) is 17.2. The molecule has 0 saturated carbocycles. The second-order valence-corrected chi connectivity index (χ2v) is 6.97. The van der Waals surface area contributed by atoms with Gasteiger partial charge in [0.05, 0.1) is 11.1 Å². The number of amidine groups is 2. The lowest BCUT2D eigenvalue weighted by molar-refractivity contribution is -0.511. The maximum Gasteiger partial charge on any atom is 0.284 e. The van der Waals surface area contributed by atoms with Crippen molar-refractivity contribution in [1.82, 2.24) is 5.32 Å². The van der Waals surface area contributed by atoms with Gasteiger partial charge in [-0.05, 0) is 37.1 Å². The van der Waals surface area contributed by atoms with E-state index in [4.69, 9.17) is 0 Å². The van der Waals surface area contributed by atoms with Gasteiger partial charge in [-0.25, -0.2) is 5.32 Å². The van der Waals surface area contributed by atoms with Gasteiger partial charge in [-0.2, -0.15) is 0 Å². The molecule has 3 heteroatoms. The van der Waals surface area contributed by atoms with Crippen molar-refractivity contribution in [2.24, 2.45) is 0 Å². The maximum absolute atomic E-state index is 3.64. The molecule has 134 valence electrons. The Bertz CT molecular complexity index is 894. The van der Waals surface area contributed by atoms with Crippen LogP contribution < -0.4 is 15.3 Å². The molecular weight excluding hydrogens is 330 g/mol. The van der Waals surface area contributed by atoms with Crippen molar-refractivity contribution < 1.29 is 9.98 Å². The second-order valence-electron chi connectivity index (χ2n) is 6.97. The van der Waals surface area contributed by atoms with Crippen LogP contribution in [0.1, 0.15) is 48.2 Å². The standard InChI is InChI=1S/C24H23N3/c1-17(19-11-5-3-6-12-19)25-23-21-15-9-10-16-22(21)24(27-23)26-18(2)20-13-7-4-8-14-20/h3-18H,1-2H3,(H,25,26,27)/p+2/t17-,18-/m0/s1. The van der Waals surface area contributed by atoms with Crippen molar-refractivity contribution in [2.75, 3.05) is 0 Å². The summed E-state index contributed by atoms with van der Waals surface area (Å²) in [5, 5.41) is 3.57. The quantitative estimate of drug-likeness (QED) is 0.652. The third-order valence-corrected chi connectivity index (χ3v) is 5.04. The second kappa shape index (κ2) is 7.58. The molecular formula is C24H25N3+2. The lowest BCUT2D eigenvalue weighted by Gasteiger charge is -2.06. The van der Waals surface area contributed by atoms with Crippen molar-refractivity contribution in [3.63, 3.8) is 0 Å². The number of nitrogens with one attached hydrogen (secondary N) is 3. The number of benzene rings is 3. The number of fused-ring (bicyclic) bond motifs is 1. The monoisotopic (exact) mass is 355 g/mol. The van der Waals surface area contributed by atoms with Crippen LogP contribution in [0.15, 0.2) is 84.9 Å². The minimum Gasteiger partial charge on any atom is -0.267 e. The Morgan fingerprint density at radius 3 is 1.33 bits per heavy atom. The molecule has 1 heterocycles. The number of rotatable bonds is 4. The zero-order valence-electron chi connectivity index (χ0n) is 15.7. The Morgan fingerprint density at radius 1 is 0.556 bits per heavy atom. The molecule has 0 fully saturated rings. The minimum absolute atomic E-state index is 0.215. The van der Waals surface area contributed by atoms with Gasteiger partial charge in [-0.3, -0.25) is 9.98 Å². The molecule has 1 aliphatic heterocycles. The third-order valence-electron chi connectivity index (χ3n) is 5.04. The number of hydrogen-bond acceptors (Lipinski definition) is 0. The third kappa shape index (κ3) is 3.68. The van der Waals surface area contributed by atoms with Crippen LogP contribution in [0.25, 0.3) is 0 Å². The molecule has 3 aromatic carbocycles. The molecule has 0 aliphatic carbocycles. The zero-order chi connectivity index (χ0) is 18.6. The topological polar surface area (TPSA) is 40.0 Å². The van der Waals surface area contributed by atoms with E-state index >= 15 is 0 Å². The summed E-state index contributed by atoms with van der Waals surface area (Å²) in [6.45, 7) is 4.37. The Labute approximate surface area is 160 Å².